The lowest BCUT2D eigenvalue weighted by atomic mass is 10.0. The van der Waals surface area contributed by atoms with Gasteiger partial charge in [0.15, 0.2) is 5.82 Å². The van der Waals surface area contributed by atoms with E-state index in [1.165, 1.54) is 7.11 Å². The molecule has 14 heteroatoms. The summed E-state index contributed by atoms with van der Waals surface area (Å²) in [6.45, 7) is 10.3. The van der Waals surface area contributed by atoms with Crippen LogP contribution in [0, 0.1) is 12.3 Å². The molecule has 1 fully saturated rings. The summed E-state index contributed by atoms with van der Waals surface area (Å²) in [6, 6.07) is 5.12. The van der Waals surface area contributed by atoms with Crippen LogP contribution in [0.25, 0.3) is 0 Å². The highest BCUT2D eigenvalue weighted by atomic mass is 16.6. The zero-order chi connectivity index (χ0) is 37.7. The Bertz CT molecular complexity index is 1550. The van der Waals surface area contributed by atoms with E-state index < -0.39 is 5.60 Å². The molecule has 4 rings (SSSR count). The summed E-state index contributed by atoms with van der Waals surface area (Å²) < 4.78 is 22.3. The van der Waals surface area contributed by atoms with Crippen LogP contribution in [0.4, 0.5) is 27.9 Å². The third-order valence-corrected chi connectivity index (χ3v) is 8.92. The molecular weight excluding hydrogens is 666 g/mol. The minimum absolute atomic E-state index is 0.0624. The minimum atomic E-state index is -0.577. The lowest BCUT2D eigenvalue weighted by molar-refractivity contribution is -0.120. The van der Waals surface area contributed by atoms with Gasteiger partial charge in [-0.2, -0.15) is 4.98 Å². The van der Waals surface area contributed by atoms with Gasteiger partial charge in [-0.25, -0.2) is 9.78 Å². The number of amides is 3. The molecule has 1 atom stereocenters. The first-order chi connectivity index (χ1) is 25.0. The van der Waals surface area contributed by atoms with E-state index in [1.807, 2.05) is 27.7 Å². The molecule has 0 radical (unpaired) electrons. The summed E-state index contributed by atoms with van der Waals surface area (Å²) in [4.78, 5) is 53.4. The molecule has 52 heavy (non-hydrogen) atoms. The zero-order valence-corrected chi connectivity index (χ0v) is 31.5. The van der Waals surface area contributed by atoms with E-state index in [9.17, 15) is 14.4 Å². The standard InChI is InChI=1S/C38H55N7O7/c1-8-10-19-44(37(48)52-38(3,4)5)20-13-21-50-23-24-51-22-18-39-34(46)27-16-17-29(32(25-27)49-7)41-36-40-26-31-33(42-36)45(28-14-11-12-15-28)30(9-2)35(47)43(31)6/h1,16-17,25-26,28,30H,9-15,18-24H2,2-7H3,(H,39,46)(H,40,41,42)/t30-/m1/s1. The van der Waals surface area contributed by atoms with E-state index in [4.69, 9.17) is 30.4 Å². The van der Waals surface area contributed by atoms with E-state index in [-0.39, 0.29) is 30.0 Å². The second-order valence-electron chi connectivity index (χ2n) is 13.9. The monoisotopic (exact) mass is 721 g/mol. The predicted octanol–water partition coefficient (Wildman–Crippen LogP) is 5.15. The number of hydrogen-bond donors (Lipinski definition) is 2. The summed E-state index contributed by atoms with van der Waals surface area (Å²) in [6.07, 6.45) is 12.8. The molecule has 2 N–H and O–H groups in total. The fourth-order valence-electron chi connectivity index (χ4n) is 6.34. The maximum Gasteiger partial charge on any atom is 0.410 e. The number of likely N-dealkylation sites (N-methyl/N-ethyl adjacent to an activating group) is 1. The maximum absolute atomic E-state index is 13.2. The molecule has 2 heterocycles. The van der Waals surface area contributed by atoms with Gasteiger partial charge < -0.3 is 44.3 Å². The van der Waals surface area contributed by atoms with E-state index in [1.54, 1.807) is 41.2 Å². The van der Waals surface area contributed by atoms with Gasteiger partial charge in [0, 0.05) is 51.3 Å². The average molecular weight is 722 g/mol. The van der Waals surface area contributed by atoms with Crippen molar-refractivity contribution in [2.24, 2.45) is 0 Å². The molecule has 14 nitrogen and oxygen atoms in total. The number of methoxy groups -OCH3 is 1. The van der Waals surface area contributed by atoms with Crippen LogP contribution in [-0.2, 0) is 19.0 Å². The SMILES string of the molecule is C#CCCN(CCCOCCOCCNC(=O)c1ccc(Nc2ncc3c(n2)N(C2CCCC2)[C@H](CC)C(=O)N3C)c(OC)c1)C(=O)OC(C)(C)C. The van der Waals surface area contributed by atoms with Gasteiger partial charge in [-0.05, 0) is 64.7 Å². The highest BCUT2D eigenvalue weighted by molar-refractivity contribution is 6.04. The molecule has 1 aliphatic heterocycles. The number of benzene rings is 1. The maximum atomic E-state index is 13.2. The van der Waals surface area contributed by atoms with Crippen molar-refractivity contribution < 1.29 is 33.3 Å². The molecule has 0 bridgehead atoms. The number of terminal acetylenes is 1. The fraction of sp³-hybridized carbons (Fsp3) is 0.605. The summed E-state index contributed by atoms with van der Waals surface area (Å²) in [5.41, 5.74) is 1.15. The first-order valence-electron chi connectivity index (χ1n) is 18.2. The van der Waals surface area contributed by atoms with E-state index in [0.717, 1.165) is 31.5 Å². The van der Waals surface area contributed by atoms with Crippen molar-refractivity contribution in [2.45, 2.75) is 90.3 Å². The van der Waals surface area contributed by atoms with Gasteiger partial charge in [0.1, 0.15) is 23.1 Å². The number of ether oxygens (including phenoxy) is 4. The van der Waals surface area contributed by atoms with E-state index in [0.29, 0.717) is 94.0 Å². The Balaban J connectivity index is 1.22. The molecule has 1 aliphatic carbocycles. The number of anilines is 4. The average Bonchev–Trinajstić information content (AvgIpc) is 3.65. The zero-order valence-electron chi connectivity index (χ0n) is 31.5. The highest BCUT2D eigenvalue weighted by Gasteiger charge is 2.41. The first-order valence-corrected chi connectivity index (χ1v) is 18.2. The number of nitrogens with one attached hydrogen (secondary N) is 2. The van der Waals surface area contributed by atoms with Gasteiger partial charge in [-0.1, -0.05) is 19.8 Å². The number of aromatic nitrogens is 2. The van der Waals surface area contributed by atoms with Gasteiger partial charge in [0.2, 0.25) is 11.9 Å². The van der Waals surface area contributed by atoms with Crippen LogP contribution < -0.4 is 25.2 Å². The number of hydrogen-bond acceptors (Lipinski definition) is 11. The van der Waals surface area contributed by atoms with Crippen LogP contribution in [0.15, 0.2) is 24.4 Å². The van der Waals surface area contributed by atoms with Gasteiger partial charge in [0.25, 0.3) is 5.91 Å². The number of fused-ring (bicyclic) bond motifs is 1. The number of carbonyl (C=O) groups excluding carboxylic acids is 3. The summed E-state index contributed by atoms with van der Waals surface area (Å²) in [5, 5.41) is 6.11. The number of carbonyl (C=O) groups is 3. The number of rotatable bonds is 18. The van der Waals surface area contributed by atoms with Crippen LogP contribution in [0.5, 0.6) is 5.75 Å². The molecule has 2 aromatic rings. The largest absolute Gasteiger partial charge is 0.495 e. The summed E-state index contributed by atoms with van der Waals surface area (Å²) >= 11 is 0. The molecule has 3 amide bonds. The molecule has 1 saturated carbocycles. The van der Waals surface area contributed by atoms with Crippen LogP contribution in [0.1, 0.15) is 83.0 Å². The molecule has 0 unspecified atom stereocenters. The van der Waals surface area contributed by atoms with Crippen molar-refractivity contribution in [1.82, 2.24) is 20.2 Å². The van der Waals surface area contributed by atoms with Crippen molar-refractivity contribution in [3.8, 4) is 18.1 Å². The van der Waals surface area contributed by atoms with Crippen molar-refractivity contribution in [1.29, 1.82) is 0 Å². The Morgan fingerprint density at radius 3 is 2.50 bits per heavy atom. The normalized spacial score (nSPS) is 15.9. The quantitative estimate of drug-likeness (QED) is 0.156. The Labute approximate surface area is 307 Å². The Morgan fingerprint density at radius 2 is 1.83 bits per heavy atom. The van der Waals surface area contributed by atoms with Gasteiger partial charge >= 0.3 is 6.09 Å². The number of nitrogens with zero attached hydrogens (tertiary/aromatic N) is 5. The van der Waals surface area contributed by atoms with E-state index in [2.05, 4.69) is 26.4 Å². The first kappa shape index (κ1) is 40.2. The summed E-state index contributed by atoms with van der Waals surface area (Å²) in [5.74, 6) is 3.94. The van der Waals surface area contributed by atoms with Crippen LogP contribution in [-0.4, -0.2) is 111 Å². The molecule has 284 valence electrons. The van der Waals surface area contributed by atoms with Crippen molar-refractivity contribution in [3.05, 3.63) is 30.0 Å². The summed E-state index contributed by atoms with van der Waals surface area (Å²) in [7, 11) is 3.31. The molecule has 0 saturated heterocycles. The molecule has 0 spiro atoms. The Kier molecular flexibility index (Phi) is 14.9. The Morgan fingerprint density at radius 1 is 1.10 bits per heavy atom. The van der Waals surface area contributed by atoms with Crippen molar-refractivity contribution in [2.75, 3.05) is 75.3 Å². The topological polar surface area (TPSA) is 148 Å². The van der Waals surface area contributed by atoms with E-state index >= 15 is 0 Å². The lowest BCUT2D eigenvalue weighted by Crippen LogP contribution is -2.55. The van der Waals surface area contributed by atoms with Crippen LogP contribution in [0.2, 0.25) is 0 Å². The van der Waals surface area contributed by atoms with Gasteiger partial charge in [0.05, 0.1) is 38.8 Å². The fourth-order valence-corrected chi connectivity index (χ4v) is 6.34. The molecule has 1 aromatic heterocycles. The van der Waals surface area contributed by atoms with Crippen molar-refractivity contribution in [3.63, 3.8) is 0 Å². The van der Waals surface area contributed by atoms with Crippen molar-refractivity contribution >= 4 is 41.0 Å². The van der Waals surface area contributed by atoms with Crippen LogP contribution in [0.3, 0.4) is 0 Å². The Hall–Kier alpha value is -4.61. The smallest absolute Gasteiger partial charge is 0.410 e. The molecule has 2 aliphatic rings. The molecule has 1 aromatic carbocycles. The van der Waals surface area contributed by atoms with Gasteiger partial charge in [-0.15, -0.1) is 12.3 Å². The second kappa shape index (κ2) is 19.3. The minimum Gasteiger partial charge on any atom is -0.495 e. The highest BCUT2D eigenvalue weighted by Crippen LogP contribution is 2.40. The third kappa shape index (κ3) is 10.9. The lowest BCUT2D eigenvalue weighted by Gasteiger charge is -2.43. The molecular formula is C38H55N7O7. The predicted molar refractivity (Wildman–Crippen MR) is 200 cm³/mol. The third-order valence-electron chi connectivity index (χ3n) is 8.92. The second-order valence-corrected chi connectivity index (χ2v) is 13.9. The van der Waals surface area contributed by atoms with Gasteiger partial charge in [-0.3, -0.25) is 9.59 Å². The van der Waals surface area contributed by atoms with Crippen LogP contribution >= 0.6 is 0 Å².